The summed E-state index contributed by atoms with van der Waals surface area (Å²) < 4.78 is 1.64. The van der Waals surface area contributed by atoms with Crippen molar-refractivity contribution >= 4 is 34.8 Å². The molecule has 0 aliphatic rings. The van der Waals surface area contributed by atoms with Crippen LogP contribution in [-0.2, 0) is 6.54 Å². The zero-order valence-electron chi connectivity index (χ0n) is 15.1. The molecular formula is C20H17ClN6O. The number of fused-ring (bicyclic) bond motifs is 1. The number of rotatable bonds is 5. The fourth-order valence-corrected chi connectivity index (χ4v) is 3.01. The van der Waals surface area contributed by atoms with E-state index in [1.54, 1.807) is 22.8 Å². The molecule has 7 nitrogen and oxygen atoms in total. The van der Waals surface area contributed by atoms with Gasteiger partial charge >= 0.3 is 0 Å². The standard InChI is InChI=1S/C20H17ClN6O/c1-13-9-16(23-11-14-5-2-3-7-17(14)21)12-27-18(13)24-20(26-27)25-19(28)15-6-4-8-22-10-15/h2-10,12,23H,11H2,1H3,(H,25,26,28). The lowest BCUT2D eigenvalue weighted by molar-refractivity contribution is 0.102. The van der Waals surface area contributed by atoms with E-state index in [0.29, 0.717) is 22.8 Å². The average molecular weight is 393 g/mol. The van der Waals surface area contributed by atoms with Crippen LogP contribution in [0, 0.1) is 6.92 Å². The first-order valence-electron chi connectivity index (χ1n) is 8.66. The lowest BCUT2D eigenvalue weighted by Gasteiger charge is -2.09. The molecule has 0 radical (unpaired) electrons. The number of anilines is 2. The van der Waals surface area contributed by atoms with Crippen molar-refractivity contribution in [1.29, 1.82) is 0 Å². The fraction of sp³-hybridized carbons (Fsp3) is 0.100. The summed E-state index contributed by atoms with van der Waals surface area (Å²) in [5.41, 5.74) is 3.92. The summed E-state index contributed by atoms with van der Waals surface area (Å²) in [6.45, 7) is 2.53. The first-order chi connectivity index (χ1) is 13.6. The van der Waals surface area contributed by atoms with Crippen molar-refractivity contribution in [3.05, 3.63) is 82.8 Å². The van der Waals surface area contributed by atoms with Crippen LogP contribution in [0.25, 0.3) is 5.65 Å². The Bertz CT molecular complexity index is 1140. The minimum atomic E-state index is -0.307. The lowest BCUT2D eigenvalue weighted by Crippen LogP contribution is -2.13. The highest BCUT2D eigenvalue weighted by atomic mass is 35.5. The van der Waals surface area contributed by atoms with Crippen LogP contribution < -0.4 is 10.6 Å². The summed E-state index contributed by atoms with van der Waals surface area (Å²) in [6.07, 6.45) is 4.93. The molecule has 0 unspecified atom stereocenters. The minimum Gasteiger partial charge on any atom is -0.380 e. The van der Waals surface area contributed by atoms with Gasteiger partial charge < -0.3 is 5.32 Å². The lowest BCUT2D eigenvalue weighted by atomic mass is 10.2. The molecule has 0 atom stereocenters. The third kappa shape index (κ3) is 3.79. The van der Waals surface area contributed by atoms with E-state index in [9.17, 15) is 4.79 Å². The number of halogens is 1. The second kappa shape index (κ2) is 7.66. The van der Waals surface area contributed by atoms with E-state index in [2.05, 4.69) is 25.7 Å². The third-order valence-electron chi connectivity index (χ3n) is 4.21. The van der Waals surface area contributed by atoms with Crippen molar-refractivity contribution in [2.24, 2.45) is 0 Å². The molecule has 2 N–H and O–H groups in total. The van der Waals surface area contributed by atoms with E-state index in [0.717, 1.165) is 16.8 Å². The number of aromatic nitrogens is 4. The van der Waals surface area contributed by atoms with Crippen LogP contribution >= 0.6 is 11.6 Å². The molecular weight excluding hydrogens is 376 g/mol. The van der Waals surface area contributed by atoms with Crippen LogP contribution in [-0.4, -0.2) is 25.5 Å². The molecule has 1 amide bonds. The zero-order chi connectivity index (χ0) is 19.5. The van der Waals surface area contributed by atoms with Crippen LogP contribution in [0.4, 0.5) is 11.6 Å². The van der Waals surface area contributed by atoms with E-state index in [1.165, 1.54) is 6.20 Å². The Hall–Kier alpha value is -3.45. The highest BCUT2D eigenvalue weighted by Gasteiger charge is 2.12. The Morgan fingerprint density at radius 1 is 1.21 bits per heavy atom. The van der Waals surface area contributed by atoms with Gasteiger partial charge in [0, 0.05) is 24.0 Å². The van der Waals surface area contributed by atoms with Gasteiger partial charge in [-0.2, -0.15) is 4.98 Å². The van der Waals surface area contributed by atoms with Crippen LogP contribution in [0.2, 0.25) is 5.02 Å². The number of carbonyl (C=O) groups is 1. The highest BCUT2D eigenvalue weighted by molar-refractivity contribution is 6.31. The second-order valence-electron chi connectivity index (χ2n) is 6.26. The molecule has 0 saturated heterocycles. The van der Waals surface area contributed by atoms with E-state index >= 15 is 0 Å². The first-order valence-corrected chi connectivity index (χ1v) is 9.03. The number of nitrogens with one attached hydrogen (secondary N) is 2. The van der Waals surface area contributed by atoms with E-state index < -0.39 is 0 Å². The molecule has 0 fully saturated rings. The van der Waals surface area contributed by atoms with Crippen molar-refractivity contribution in [3.8, 4) is 0 Å². The summed E-state index contributed by atoms with van der Waals surface area (Å²) in [5.74, 6) is -0.0704. The molecule has 0 bridgehead atoms. The van der Waals surface area contributed by atoms with Crippen LogP contribution in [0.15, 0.2) is 61.1 Å². The van der Waals surface area contributed by atoms with Crippen molar-refractivity contribution in [2.75, 3.05) is 10.6 Å². The molecule has 140 valence electrons. The predicted octanol–water partition coefficient (Wildman–Crippen LogP) is 3.95. The summed E-state index contributed by atoms with van der Waals surface area (Å²) in [7, 11) is 0. The quantitative estimate of drug-likeness (QED) is 0.537. The van der Waals surface area contributed by atoms with Crippen molar-refractivity contribution in [3.63, 3.8) is 0 Å². The monoisotopic (exact) mass is 392 g/mol. The molecule has 3 aromatic heterocycles. The van der Waals surface area contributed by atoms with Crippen LogP contribution in [0.5, 0.6) is 0 Å². The normalized spacial score (nSPS) is 10.8. The number of benzene rings is 1. The minimum absolute atomic E-state index is 0.236. The number of pyridine rings is 2. The zero-order valence-corrected chi connectivity index (χ0v) is 15.8. The maximum atomic E-state index is 12.3. The smallest absolute Gasteiger partial charge is 0.259 e. The molecule has 0 aliphatic heterocycles. The average Bonchev–Trinajstić information content (AvgIpc) is 3.11. The summed E-state index contributed by atoms with van der Waals surface area (Å²) >= 11 is 6.21. The molecule has 3 heterocycles. The van der Waals surface area contributed by atoms with Gasteiger partial charge in [0.15, 0.2) is 5.65 Å². The Morgan fingerprint density at radius 2 is 2.07 bits per heavy atom. The molecule has 0 spiro atoms. The number of hydrogen-bond acceptors (Lipinski definition) is 5. The molecule has 4 aromatic rings. The van der Waals surface area contributed by atoms with E-state index in [4.69, 9.17) is 11.6 Å². The van der Waals surface area contributed by atoms with Crippen molar-refractivity contribution < 1.29 is 4.79 Å². The molecule has 0 saturated carbocycles. The van der Waals surface area contributed by atoms with Gasteiger partial charge in [-0.05, 0) is 42.3 Å². The molecule has 8 heteroatoms. The first kappa shape index (κ1) is 17.9. The number of carbonyl (C=O) groups excluding carboxylic acids is 1. The maximum absolute atomic E-state index is 12.3. The van der Waals surface area contributed by atoms with Crippen molar-refractivity contribution in [2.45, 2.75) is 13.5 Å². The predicted molar refractivity (Wildman–Crippen MR) is 109 cm³/mol. The Balaban J connectivity index is 1.54. The van der Waals surface area contributed by atoms with Crippen LogP contribution in [0.1, 0.15) is 21.5 Å². The van der Waals surface area contributed by atoms with E-state index in [1.807, 2.05) is 43.5 Å². The topological polar surface area (TPSA) is 84.2 Å². The van der Waals surface area contributed by atoms with Gasteiger partial charge in [-0.25, -0.2) is 4.52 Å². The second-order valence-corrected chi connectivity index (χ2v) is 6.66. The number of nitrogens with zero attached hydrogens (tertiary/aromatic N) is 4. The largest absolute Gasteiger partial charge is 0.380 e. The summed E-state index contributed by atoms with van der Waals surface area (Å²) in [5, 5.41) is 11.1. The SMILES string of the molecule is Cc1cc(NCc2ccccc2Cl)cn2nc(NC(=O)c3cccnc3)nc12. The van der Waals surface area contributed by atoms with E-state index in [-0.39, 0.29) is 11.9 Å². The molecule has 28 heavy (non-hydrogen) atoms. The third-order valence-corrected chi connectivity index (χ3v) is 4.58. The number of hydrogen-bond donors (Lipinski definition) is 2. The highest BCUT2D eigenvalue weighted by Crippen LogP contribution is 2.20. The van der Waals surface area contributed by atoms with Crippen molar-refractivity contribution in [1.82, 2.24) is 19.6 Å². The van der Waals surface area contributed by atoms with Gasteiger partial charge in [0.25, 0.3) is 5.91 Å². The Morgan fingerprint density at radius 3 is 2.86 bits per heavy atom. The van der Waals surface area contributed by atoms with Gasteiger partial charge in [-0.3, -0.25) is 15.1 Å². The number of aryl methyl sites for hydroxylation is 1. The van der Waals surface area contributed by atoms with Gasteiger partial charge in [-0.1, -0.05) is 29.8 Å². The Labute approximate surface area is 166 Å². The molecule has 4 rings (SSSR count). The number of amides is 1. The summed E-state index contributed by atoms with van der Waals surface area (Å²) in [4.78, 5) is 20.6. The fourth-order valence-electron chi connectivity index (χ4n) is 2.81. The molecule has 1 aromatic carbocycles. The van der Waals surface area contributed by atoms with Gasteiger partial charge in [-0.15, -0.1) is 5.10 Å². The van der Waals surface area contributed by atoms with Gasteiger partial charge in [0.05, 0.1) is 17.4 Å². The van der Waals surface area contributed by atoms with Crippen LogP contribution in [0.3, 0.4) is 0 Å². The Kier molecular flexibility index (Phi) is 4.90. The summed E-state index contributed by atoms with van der Waals surface area (Å²) in [6, 6.07) is 13.1. The molecule has 0 aliphatic carbocycles. The van der Waals surface area contributed by atoms with Gasteiger partial charge in [0.1, 0.15) is 0 Å². The van der Waals surface area contributed by atoms with Gasteiger partial charge in [0.2, 0.25) is 5.95 Å². The maximum Gasteiger partial charge on any atom is 0.259 e.